The molecule has 9 amide bonds. The van der Waals surface area contributed by atoms with E-state index in [1.807, 2.05) is 0 Å². The van der Waals surface area contributed by atoms with E-state index in [9.17, 15) is 47.9 Å². The molecule has 7 heterocycles. The Hall–Kier alpha value is -10.6. The summed E-state index contributed by atoms with van der Waals surface area (Å²) in [5.74, 6) is -3.53. The second-order valence-electron chi connectivity index (χ2n) is 19.9. The smallest absolute Gasteiger partial charge is 0.374 e. The SMILES string of the molecule is CCOC(=O)c1nc(NC(=O)c2cc(NC(=O)CCC(=O)Nc3nc(NC(=O)CC4(CC(=O)Nc5cc(NC(=O)c6nc(NC(=O)CCC(=O)Nc7cc(NC(=O)c8nccn8C)cn7C)cn6C)cn5C)CC4)cn3C)cn2C)cn1C. The molecule has 7 aromatic rings. The summed E-state index contributed by atoms with van der Waals surface area (Å²) in [5, 5.41) is 24.3. The number of anilines is 9. The monoisotopic (exact) mass is 1140 g/mol. The number of carbonyl (C=O) groups excluding carboxylic acids is 10. The van der Waals surface area contributed by atoms with Crippen LogP contribution in [-0.4, -0.2) is 118 Å². The number of hydrogen-bond donors (Lipinski definition) is 9. The van der Waals surface area contributed by atoms with Crippen molar-refractivity contribution in [3.63, 3.8) is 0 Å². The Balaban J connectivity index is 0.732. The third-order valence-electron chi connectivity index (χ3n) is 13.1. The lowest BCUT2D eigenvalue weighted by Crippen LogP contribution is -2.23. The quantitative estimate of drug-likeness (QED) is 0.0392. The number of rotatable bonds is 24. The van der Waals surface area contributed by atoms with E-state index in [4.69, 9.17) is 4.74 Å². The Bertz CT molecular complexity index is 3690. The fourth-order valence-electron chi connectivity index (χ4n) is 8.73. The zero-order chi connectivity index (χ0) is 59.9. The van der Waals surface area contributed by atoms with Gasteiger partial charge in [0.15, 0.2) is 23.3 Å². The van der Waals surface area contributed by atoms with Gasteiger partial charge in [0.25, 0.3) is 17.7 Å². The summed E-state index contributed by atoms with van der Waals surface area (Å²) >= 11 is 0. The Labute approximate surface area is 472 Å². The van der Waals surface area contributed by atoms with Crippen LogP contribution in [0.4, 0.5) is 52.1 Å². The summed E-state index contributed by atoms with van der Waals surface area (Å²) in [6.07, 6.45) is 12.8. The standard InChI is InChI=1S/C52H62N20O11/c1-9-83-50(82)46-60-35(27-71(46)7)61-47(79)32-18-29(23-67(32)3)54-38(73)10-13-41(76)65-51-62-34(28-72(51)8)58-42(77)21-52(14-15-52)22-43(78)64-37-20-31(25-69(37)5)56-49(81)45-59-33(26-70(45)6)57-39(74)11-12-40(75)63-36-19-30(24-68(36)4)55-48(80)44-53-16-17-66(44)2/h16-20,23-28H,9-15,21-22H2,1-8H3,(H,54,73)(H,55,80)(H,56,81)(H,57,74)(H,58,77)(H,61,79)(H,63,75)(H,64,78)(H,62,65,76). The highest BCUT2D eigenvalue weighted by Gasteiger charge is 2.46. The summed E-state index contributed by atoms with van der Waals surface area (Å²) in [4.78, 5) is 145. The summed E-state index contributed by atoms with van der Waals surface area (Å²) in [7, 11) is 11.4. The minimum Gasteiger partial charge on any atom is -0.460 e. The molecule has 31 nitrogen and oxygen atoms in total. The van der Waals surface area contributed by atoms with Crippen LogP contribution in [0.3, 0.4) is 0 Å². The van der Waals surface area contributed by atoms with Gasteiger partial charge in [0, 0.05) is 150 Å². The van der Waals surface area contributed by atoms with Gasteiger partial charge in [0.05, 0.1) is 23.7 Å². The Kier molecular flexibility index (Phi) is 17.5. The maximum atomic E-state index is 13.3. The summed E-state index contributed by atoms with van der Waals surface area (Å²) in [6.45, 7) is 1.83. The minimum atomic E-state index is -0.640. The van der Waals surface area contributed by atoms with Crippen molar-refractivity contribution < 1.29 is 52.7 Å². The number of nitrogens with zero attached hydrogens (tertiary/aromatic N) is 11. The van der Waals surface area contributed by atoms with Gasteiger partial charge in [0.2, 0.25) is 53.0 Å². The fourth-order valence-corrected chi connectivity index (χ4v) is 8.73. The van der Waals surface area contributed by atoms with E-state index in [2.05, 4.69) is 67.8 Å². The zero-order valence-corrected chi connectivity index (χ0v) is 46.6. The molecular formula is C52H62N20O11. The van der Waals surface area contributed by atoms with Crippen LogP contribution in [0.15, 0.2) is 67.8 Å². The van der Waals surface area contributed by atoms with Crippen molar-refractivity contribution in [2.24, 2.45) is 54.7 Å². The summed E-state index contributed by atoms with van der Waals surface area (Å²) in [5.41, 5.74) is 0.660. The lowest BCUT2D eigenvalue weighted by atomic mass is 9.97. The van der Waals surface area contributed by atoms with Gasteiger partial charge >= 0.3 is 5.97 Å². The molecular weight excluding hydrogens is 1080 g/mol. The first kappa shape index (κ1) is 58.5. The van der Waals surface area contributed by atoms with E-state index in [-0.39, 0.29) is 97.6 Å². The van der Waals surface area contributed by atoms with Crippen molar-refractivity contribution in [3.05, 3.63) is 90.9 Å². The van der Waals surface area contributed by atoms with Gasteiger partial charge in [-0.2, -0.15) is 4.98 Å². The topological polar surface area (TPSA) is 374 Å². The summed E-state index contributed by atoms with van der Waals surface area (Å²) < 4.78 is 15.6. The number of amides is 9. The highest BCUT2D eigenvalue weighted by Crippen LogP contribution is 2.52. The normalized spacial score (nSPS) is 12.2. The second-order valence-corrected chi connectivity index (χ2v) is 19.9. The third kappa shape index (κ3) is 15.0. The van der Waals surface area contributed by atoms with Crippen LogP contribution in [0.25, 0.3) is 0 Å². The molecule has 0 bridgehead atoms. The van der Waals surface area contributed by atoms with Crippen LogP contribution in [0.5, 0.6) is 0 Å². The van der Waals surface area contributed by atoms with Gasteiger partial charge in [-0.3, -0.25) is 48.5 Å². The van der Waals surface area contributed by atoms with Crippen LogP contribution in [0.1, 0.15) is 101 Å². The Morgan fingerprint density at radius 2 is 0.928 bits per heavy atom. The van der Waals surface area contributed by atoms with E-state index in [0.29, 0.717) is 41.5 Å². The van der Waals surface area contributed by atoms with Gasteiger partial charge in [-0.05, 0) is 31.2 Å². The maximum Gasteiger partial charge on any atom is 0.374 e. The molecule has 0 unspecified atom stereocenters. The molecule has 7 aromatic heterocycles. The molecule has 0 aliphatic heterocycles. The van der Waals surface area contributed by atoms with Crippen molar-refractivity contribution in [2.75, 3.05) is 54.5 Å². The van der Waals surface area contributed by atoms with Crippen molar-refractivity contribution in [2.45, 2.75) is 58.3 Å². The van der Waals surface area contributed by atoms with E-state index < -0.39 is 58.6 Å². The predicted octanol–water partition coefficient (Wildman–Crippen LogP) is 3.42. The van der Waals surface area contributed by atoms with Crippen LogP contribution < -0.4 is 47.9 Å². The predicted molar refractivity (Wildman–Crippen MR) is 300 cm³/mol. The van der Waals surface area contributed by atoms with Crippen LogP contribution in [0, 0.1) is 5.41 Å². The Morgan fingerprint density at radius 1 is 0.458 bits per heavy atom. The van der Waals surface area contributed by atoms with E-state index in [1.54, 1.807) is 101 Å². The maximum absolute atomic E-state index is 13.3. The lowest BCUT2D eigenvalue weighted by Gasteiger charge is -2.14. The minimum absolute atomic E-state index is 0.0104. The number of esters is 1. The summed E-state index contributed by atoms with van der Waals surface area (Å²) in [6, 6.07) is 4.58. The molecule has 0 spiro atoms. The number of aromatic nitrogens is 11. The number of nitrogens with one attached hydrogen (secondary N) is 9. The molecule has 0 aromatic carbocycles. The molecule has 0 radical (unpaired) electrons. The zero-order valence-electron chi connectivity index (χ0n) is 46.6. The van der Waals surface area contributed by atoms with Gasteiger partial charge in [-0.15, -0.1) is 0 Å². The molecule has 1 saturated carbocycles. The van der Waals surface area contributed by atoms with Gasteiger partial charge in [-0.25, -0.2) is 19.7 Å². The van der Waals surface area contributed by atoms with Crippen molar-refractivity contribution in [3.8, 4) is 0 Å². The van der Waals surface area contributed by atoms with Gasteiger partial charge in [0.1, 0.15) is 17.3 Å². The second kappa shape index (κ2) is 24.8. The average molecular weight is 1140 g/mol. The third-order valence-corrected chi connectivity index (χ3v) is 13.1. The van der Waals surface area contributed by atoms with Crippen LogP contribution in [0.2, 0.25) is 0 Å². The number of ether oxygens (including phenoxy) is 1. The molecule has 1 aliphatic rings. The number of hydrogen-bond acceptors (Lipinski definition) is 15. The van der Waals surface area contributed by atoms with E-state index in [0.717, 1.165) is 0 Å². The number of carbonyl (C=O) groups is 10. The molecule has 0 atom stereocenters. The molecule has 0 saturated heterocycles. The van der Waals surface area contributed by atoms with Crippen molar-refractivity contribution >= 4 is 111 Å². The molecule has 31 heteroatoms. The first-order chi connectivity index (χ1) is 39.4. The molecule has 1 fully saturated rings. The fraction of sp³-hybridized carbons (Fsp3) is 0.346. The number of imidazole rings is 4. The van der Waals surface area contributed by atoms with Gasteiger partial charge in [-0.1, -0.05) is 0 Å². The highest BCUT2D eigenvalue weighted by atomic mass is 16.5. The van der Waals surface area contributed by atoms with Crippen LogP contribution >= 0.6 is 0 Å². The largest absolute Gasteiger partial charge is 0.460 e. The molecule has 9 N–H and O–H groups in total. The van der Waals surface area contributed by atoms with Crippen LogP contribution in [-0.2, 0) is 82.8 Å². The molecule has 83 heavy (non-hydrogen) atoms. The molecule has 8 rings (SSSR count). The van der Waals surface area contributed by atoms with Crippen molar-refractivity contribution in [1.29, 1.82) is 0 Å². The van der Waals surface area contributed by atoms with E-state index in [1.165, 1.54) is 55.3 Å². The first-order valence-electron chi connectivity index (χ1n) is 25.9. The first-order valence-corrected chi connectivity index (χ1v) is 25.9. The van der Waals surface area contributed by atoms with Gasteiger partial charge < -0.3 is 79.2 Å². The highest BCUT2D eigenvalue weighted by molar-refractivity contribution is 6.06. The lowest BCUT2D eigenvalue weighted by molar-refractivity contribution is -0.121. The van der Waals surface area contributed by atoms with E-state index >= 15 is 0 Å². The Morgan fingerprint density at radius 3 is 1.52 bits per heavy atom. The molecule has 436 valence electrons. The number of aryl methyl sites for hydroxylation is 7. The molecule has 1 aliphatic carbocycles. The van der Waals surface area contributed by atoms with Crippen molar-refractivity contribution in [1.82, 2.24) is 51.9 Å². The average Bonchev–Trinajstić information content (AvgIpc) is 3.87.